The zero-order chi connectivity index (χ0) is 16.1. The molecular weight excluding hydrogens is 278 g/mol. The maximum atomic E-state index is 12.2. The number of aryl methyl sites for hydroxylation is 2. The summed E-state index contributed by atoms with van der Waals surface area (Å²) >= 11 is 0. The van der Waals surface area contributed by atoms with Gasteiger partial charge in [-0.25, -0.2) is 4.98 Å². The van der Waals surface area contributed by atoms with E-state index < -0.39 is 0 Å². The number of amides is 1. The lowest BCUT2D eigenvalue weighted by Crippen LogP contribution is -2.38. The summed E-state index contributed by atoms with van der Waals surface area (Å²) in [5.41, 5.74) is 1.21. The van der Waals surface area contributed by atoms with Crippen molar-refractivity contribution in [1.82, 2.24) is 14.5 Å². The smallest absolute Gasteiger partial charge is 0.248 e. The van der Waals surface area contributed by atoms with Gasteiger partial charge in [-0.1, -0.05) is 0 Å². The van der Waals surface area contributed by atoms with Gasteiger partial charge in [-0.05, 0) is 47.0 Å². The molecule has 0 spiro atoms. The molecule has 0 bridgehead atoms. The number of imidazole rings is 1. The van der Waals surface area contributed by atoms with Gasteiger partial charge in [0.2, 0.25) is 5.91 Å². The molecule has 1 atom stereocenters. The Hall–Kier alpha value is -1.36. The molecule has 0 N–H and O–H groups in total. The number of rotatable bonds is 7. The maximum Gasteiger partial charge on any atom is 0.248 e. The van der Waals surface area contributed by atoms with Gasteiger partial charge in [-0.15, -0.1) is 0 Å². The van der Waals surface area contributed by atoms with Crippen LogP contribution >= 0.6 is 0 Å². The van der Waals surface area contributed by atoms with Gasteiger partial charge in [0.15, 0.2) is 0 Å². The van der Waals surface area contributed by atoms with Gasteiger partial charge in [0.1, 0.15) is 12.4 Å². The van der Waals surface area contributed by atoms with E-state index in [2.05, 4.69) is 30.3 Å². The Morgan fingerprint density at radius 1 is 1.50 bits per heavy atom. The standard InChI is InChI=1S/C17H29N3O2/c1-5-22-12-17(21)19-10-6-7-15(19)8-9-16-18-11-14(4)20(16)13(2)3/h11,13,15H,5-10,12H2,1-4H3. The van der Waals surface area contributed by atoms with Crippen molar-refractivity contribution in [2.75, 3.05) is 19.8 Å². The second-order valence-electron chi connectivity index (χ2n) is 6.34. The number of hydrogen-bond donors (Lipinski definition) is 0. The average Bonchev–Trinajstić information content (AvgIpc) is 3.08. The molecule has 124 valence electrons. The fourth-order valence-electron chi connectivity index (χ4n) is 3.42. The Morgan fingerprint density at radius 2 is 2.27 bits per heavy atom. The first-order valence-corrected chi connectivity index (χ1v) is 8.44. The predicted octanol–water partition coefficient (Wildman–Crippen LogP) is 2.73. The van der Waals surface area contributed by atoms with E-state index in [4.69, 9.17) is 4.74 Å². The molecular formula is C17H29N3O2. The van der Waals surface area contributed by atoms with Gasteiger partial charge in [-0.2, -0.15) is 0 Å². The van der Waals surface area contributed by atoms with E-state index in [-0.39, 0.29) is 12.5 Å². The van der Waals surface area contributed by atoms with Crippen LogP contribution in [-0.2, 0) is 16.0 Å². The Bertz CT molecular complexity index is 496. The zero-order valence-corrected chi connectivity index (χ0v) is 14.3. The van der Waals surface area contributed by atoms with E-state index >= 15 is 0 Å². The summed E-state index contributed by atoms with van der Waals surface area (Å²) in [5, 5.41) is 0. The Kier molecular flexibility index (Phi) is 6.00. The van der Waals surface area contributed by atoms with Crippen molar-refractivity contribution in [1.29, 1.82) is 0 Å². The Labute approximate surface area is 133 Å². The largest absolute Gasteiger partial charge is 0.372 e. The summed E-state index contributed by atoms with van der Waals surface area (Å²) in [5.74, 6) is 1.27. The Morgan fingerprint density at radius 3 is 2.95 bits per heavy atom. The fourth-order valence-corrected chi connectivity index (χ4v) is 3.42. The van der Waals surface area contributed by atoms with Gasteiger partial charge in [0.25, 0.3) is 0 Å². The number of likely N-dealkylation sites (tertiary alicyclic amines) is 1. The highest BCUT2D eigenvalue weighted by Crippen LogP contribution is 2.23. The molecule has 1 amide bonds. The lowest BCUT2D eigenvalue weighted by atomic mass is 10.1. The molecule has 1 unspecified atom stereocenters. The van der Waals surface area contributed by atoms with Crippen molar-refractivity contribution >= 4 is 5.91 Å². The lowest BCUT2D eigenvalue weighted by Gasteiger charge is -2.25. The molecule has 1 aromatic heterocycles. The number of carbonyl (C=O) groups is 1. The molecule has 1 aliphatic heterocycles. The third-order valence-corrected chi connectivity index (χ3v) is 4.40. The van der Waals surface area contributed by atoms with E-state index in [1.807, 2.05) is 18.0 Å². The molecule has 5 nitrogen and oxygen atoms in total. The van der Waals surface area contributed by atoms with Crippen LogP contribution in [0.25, 0.3) is 0 Å². The topological polar surface area (TPSA) is 47.4 Å². The van der Waals surface area contributed by atoms with E-state index in [9.17, 15) is 4.79 Å². The lowest BCUT2D eigenvalue weighted by molar-refractivity contribution is -0.136. The third kappa shape index (κ3) is 3.88. The molecule has 2 heterocycles. The SMILES string of the molecule is CCOCC(=O)N1CCCC1CCc1ncc(C)n1C(C)C. The first kappa shape index (κ1) is 17.0. The summed E-state index contributed by atoms with van der Waals surface area (Å²) in [6.45, 7) is 10.1. The van der Waals surface area contributed by atoms with E-state index in [0.29, 0.717) is 18.7 Å². The average molecular weight is 307 g/mol. The second-order valence-corrected chi connectivity index (χ2v) is 6.34. The molecule has 0 aromatic carbocycles. The van der Waals surface area contributed by atoms with Crippen molar-refractivity contribution in [2.24, 2.45) is 0 Å². The number of hydrogen-bond acceptors (Lipinski definition) is 3. The molecule has 0 saturated carbocycles. The van der Waals surface area contributed by atoms with Crippen molar-refractivity contribution < 1.29 is 9.53 Å². The van der Waals surface area contributed by atoms with Gasteiger partial charge >= 0.3 is 0 Å². The summed E-state index contributed by atoms with van der Waals surface area (Å²) in [7, 11) is 0. The van der Waals surface area contributed by atoms with Crippen molar-refractivity contribution in [3.8, 4) is 0 Å². The quantitative estimate of drug-likeness (QED) is 0.778. The molecule has 22 heavy (non-hydrogen) atoms. The fraction of sp³-hybridized carbons (Fsp3) is 0.765. The van der Waals surface area contributed by atoms with Crippen LogP contribution in [0.5, 0.6) is 0 Å². The first-order valence-electron chi connectivity index (χ1n) is 8.44. The van der Waals surface area contributed by atoms with Crippen LogP contribution in [0.15, 0.2) is 6.20 Å². The zero-order valence-electron chi connectivity index (χ0n) is 14.3. The normalized spacial score (nSPS) is 18.4. The van der Waals surface area contributed by atoms with Crippen molar-refractivity contribution in [3.63, 3.8) is 0 Å². The van der Waals surface area contributed by atoms with E-state index in [1.54, 1.807) is 0 Å². The minimum absolute atomic E-state index is 0.132. The minimum atomic E-state index is 0.132. The highest BCUT2D eigenvalue weighted by molar-refractivity contribution is 5.78. The molecule has 1 aliphatic rings. The van der Waals surface area contributed by atoms with E-state index in [1.165, 1.54) is 5.69 Å². The van der Waals surface area contributed by atoms with Crippen LogP contribution in [0, 0.1) is 6.92 Å². The van der Waals surface area contributed by atoms with E-state index in [0.717, 1.165) is 38.1 Å². The van der Waals surface area contributed by atoms with Crippen LogP contribution in [0.4, 0.5) is 0 Å². The van der Waals surface area contributed by atoms with Crippen LogP contribution < -0.4 is 0 Å². The number of nitrogens with zero attached hydrogens (tertiary/aromatic N) is 3. The van der Waals surface area contributed by atoms with Gasteiger partial charge in [0, 0.05) is 43.5 Å². The van der Waals surface area contributed by atoms with Crippen molar-refractivity contribution in [3.05, 3.63) is 17.7 Å². The van der Waals surface area contributed by atoms with Gasteiger partial charge in [0.05, 0.1) is 0 Å². The number of aromatic nitrogens is 2. The first-order chi connectivity index (χ1) is 10.5. The molecule has 0 radical (unpaired) electrons. The summed E-state index contributed by atoms with van der Waals surface area (Å²) in [6, 6.07) is 0.766. The van der Waals surface area contributed by atoms with Crippen molar-refractivity contribution in [2.45, 2.75) is 65.5 Å². The van der Waals surface area contributed by atoms with Crippen LogP contribution in [-0.4, -0.2) is 46.2 Å². The van der Waals surface area contributed by atoms with Crippen LogP contribution in [0.2, 0.25) is 0 Å². The van der Waals surface area contributed by atoms with Crippen LogP contribution in [0.1, 0.15) is 57.6 Å². The van der Waals surface area contributed by atoms with Gasteiger partial charge in [-0.3, -0.25) is 4.79 Å². The van der Waals surface area contributed by atoms with Gasteiger partial charge < -0.3 is 14.2 Å². The second kappa shape index (κ2) is 7.77. The monoisotopic (exact) mass is 307 g/mol. The molecule has 2 rings (SSSR count). The molecule has 5 heteroatoms. The third-order valence-electron chi connectivity index (χ3n) is 4.40. The molecule has 1 saturated heterocycles. The molecule has 1 fully saturated rings. The predicted molar refractivity (Wildman–Crippen MR) is 86.9 cm³/mol. The summed E-state index contributed by atoms with van der Waals surface area (Å²) < 4.78 is 7.56. The molecule has 0 aliphatic carbocycles. The maximum absolute atomic E-state index is 12.2. The highest BCUT2D eigenvalue weighted by atomic mass is 16.5. The number of ether oxygens (including phenoxy) is 1. The molecule has 1 aromatic rings. The Balaban J connectivity index is 1.94. The summed E-state index contributed by atoms with van der Waals surface area (Å²) in [4.78, 5) is 18.7. The highest BCUT2D eigenvalue weighted by Gasteiger charge is 2.28. The summed E-state index contributed by atoms with van der Waals surface area (Å²) in [6.07, 6.45) is 6.05. The van der Waals surface area contributed by atoms with Crippen LogP contribution in [0.3, 0.4) is 0 Å². The minimum Gasteiger partial charge on any atom is -0.372 e. The number of carbonyl (C=O) groups excluding carboxylic acids is 1.